The number of hydrogen-bond acceptors (Lipinski definition) is 3. The minimum absolute atomic E-state index is 0.462. The fourth-order valence-electron chi connectivity index (χ4n) is 1.22. The lowest BCUT2D eigenvalue weighted by Gasteiger charge is -2.04. The Morgan fingerprint density at radius 2 is 1.93 bits per heavy atom. The van der Waals surface area contributed by atoms with Gasteiger partial charge >= 0.3 is 0 Å². The third-order valence-corrected chi connectivity index (χ3v) is 2.15. The first-order valence-corrected chi connectivity index (χ1v) is 5.51. The van der Waals surface area contributed by atoms with Crippen LogP contribution in [0, 0.1) is 0 Å². The molecule has 0 aromatic heterocycles. The van der Waals surface area contributed by atoms with E-state index in [-0.39, 0.29) is 0 Å². The van der Waals surface area contributed by atoms with Gasteiger partial charge in [0.2, 0.25) is 0 Å². The highest BCUT2D eigenvalue weighted by molar-refractivity contribution is 4.79. The number of rotatable bonds is 10. The van der Waals surface area contributed by atoms with E-state index in [0.29, 0.717) is 5.76 Å². The van der Waals surface area contributed by atoms with E-state index in [1.165, 1.54) is 19.3 Å². The molecule has 0 radical (unpaired) electrons. The van der Waals surface area contributed by atoms with Crippen molar-refractivity contribution in [3.05, 3.63) is 12.3 Å². The molecule has 0 aromatic rings. The first-order chi connectivity index (χ1) is 6.81. The van der Waals surface area contributed by atoms with Crippen molar-refractivity contribution in [1.82, 2.24) is 5.32 Å². The summed E-state index contributed by atoms with van der Waals surface area (Å²) < 4.78 is 0. The molecule has 0 bridgehead atoms. The maximum atomic E-state index is 8.22. The summed E-state index contributed by atoms with van der Waals surface area (Å²) in [7, 11) is 0. The van der Waals surface area contributed by atoms with E-state index in [2.05, 4.69) is 23.7 Å². The molecule has 2 N–H and O–H groups in total. The van der Waals surface area contributed by atoms with Gasteiger partial charge < -0.3 is 10.2 Å². The molecule has 0 saturated carbocycles. The predicted molar refractivity (Wildman–Crippen MR) is 59.1 cm³/mol. The summed E-state index contributed by atoms with van der Waals surface area (Å²) in [6.07, 6.45) is 6.64. The van der Waals surface area contributed by atoms with E-state index in [4.69, 9.17) is 5.26 Å². The van der Waals surface area contributed by atoms with Gasteiger partial charge in [0.25, 0.3) is 0 Å². The quantitative estimate of drug-likeness (QED) is 0.247. The van der Waals surface area contributed by atoms with Gasteiger partial charge in [0, 0.05) is 6.42 Å². The summed E-state index contributed by atoms with van der Waals surface area (Å²) in [4.78, 5) is 4.00. The summed E-state index contributed by atoms with van der Waals surface area (Å²) in [5.41, 5.74) is 0. The molecule has 14 heavy (non-hydrogen) atoms. The summed E-state index contributed by atoms with van der Waals surface area (Å²) in [5, 5.41) is 11.6. The second-order valence-corrected chi connectivity index (χ2v) is 3.54. The Labute approximate surface area is 87.1 Å². The molecule has 0 aliphatic rings. The van der Waals surface area contributed by atoms with Crippen LogP contribution in [0.3, 0.4) is 0 Å². The van der Waals surface area contributed by atoms with Crippen molar-refractivity contribution in [3.63, 3.8) is 0 Å². The standard InChI is InChI=1S/C11H23NO2/c1-3-4-9-12-10-7-5-6-8-11(2)14-13/h12-13H,2-10H2,1H3. The zero-order chi connectivity index (χ0) is 10.6. The monoisotopic (exact) mass is 201 g/mol. The number of nitrogens with one attached hydrogen (secondary N) is 1. The van der Waals surface area contributed by atoms with Crippen LogP contribution in [0.25, 0.3) is 0 Å². The Kier molecular flexibility index (Phi) is 10.1. The van der Waals surface area contributed by atoms with Crippen LogP contribution < -0.4 is 5.32 Å². The second-order valence-electron chi connectivity index (χ2n) is 3.54. The molecule has 0 fully saturated rings. The number of unbranched alkanes of at least 4 members (excludes halogenated alkanes) is 3. The van der Waals surface area contributed by atoms with Crippen molar-refractivity contribution in [2.75, 3.05) is 13.1 Å². The average Bonchev–Trinajstić information content (AvgIpc) is 2.21. The molecule has 84 valence electrons. The lowest BCUT2D eigenvalue weighted by molar-refractivity contribution is -0.205. The highest BCUT2D eigenvalue weighted by Gasteiger charge is 1.94. The van der Waals surface area contributed by atoms with Gasteiger partial charge in [-0.05, 0) is 32.4 Å². The van der Waals surface area contributed by atoms with E-state index in [1.807, 2.05) is 0 Å². The van der Waals surface area contributed by atoms with Crippen LogP contribution in [-0.4, -0.2) is 18.3 Å². The van der Waals surface area contributed by atoms with Crippen LogP contribution in [0.5, 0.6) is 0 Å². The average molecular weight is 201 g/mol. The second kappa shape index (κ2) is 10.5. The van der Waals surface area contributed by atoms with Crippen LogP contribution >= 0.6 is 0 Å². The van der Waals surface area contributed by atoms with E-state index in [9.17, 15) is 0 Å². The van der Waals surface area contributed by atoms with Crippen molar-refractivity contribution < 1.29 is 10.1 Å². The lowest BCUT2D eigenvalue weighted by atomic mass is 10.2. The van der Waals surface area contributed by atoms with Crippen molar-refractivity contribution in [1.29, 1.82) is 0 Å². The van der Waals surface area contributed by atoms with Gasteiger partial charge in [0.05, 0.1) is 0 Å². The predicted octanol–water partition coefficient (Wildman–Crippen LogP) is 2.94. The highest BCUT2D eigenvalue weighted by atomic mass is 17.1. The summed E-state index contributed by atoms with van der Waals surface area (Å²) in [6.45, 7) is 7.96. The van der Waals surface area contributed by atoms with Gasteiger partial charge in [-0.2, -0.15) is 0 Å². The summed E-state index contributed by atoms with van der Waals surface area (Å²) >= 11 is 0. The number of allylic oxidation sites excluding steroid dienone is 1. The van der Waals surface area contributed by atoms with Gasteiger partial charge in [-0.1, -0.05) is 26.3 Å². The Balaban J connectivity index is 2.95. The van der Waals surface area contributed by atoms with Crippen molar-refractivity contribution in [2.24, 2.45) is 0 Å². The Morgan fingerprint density at radius 3 is 2.57 bits per heavy atom. The first-order valence-electron chi connectivity index (χ1n) is 5.51. The van der Waals surface area contributed by atoms with Gasteiger partial charge in [0.1, 0.15) is 5.76 Å². The number of hydrogen-bond donors (Lipinski definition) is 2. The third-order valence-electron chi connectivity index (χ3n) is 2.15. The summed E-state index contributed by atoms with van der Waals surface area (Å²) in [5.74, 6) is 0.462. The largest absolute Gasteiger partial charge is 0.345 e. The highest BCUT2D eigenvalue weighted by Crippen LogP contribution is 2.06. The van der Waals surface area contributed by atoms with Gasteiger partial charge in [-0.3, -0.25) is 0 Å². The van der Waals surface area contributed by atoms with Gasteiger partial charge in [0.15, 0.2) is 0 Å². The maximum Gasteiger partial charge on any atom is 0.135 e. The molecule has 0 heterocycles. The minimum atomic E-state index is 0.462. The van der Waals surface area contributed by atoms with E-state index in [0.717, 1.165) is 32.4 Å². The zero-order valence-corrected chi connectivity index (χ0v) is 9.22. The van der Waals surface area contributed by atoms with Crippen LogP contribution in [0.15, 0.2) is 12.3 Å². The molecule has 3 heteroatoms. The molecule has 0 aliphatic carbocycles. The van der Waals surface area contributed by atoms with Gasteiger partial charge in [-0.25, -0.2) is 5.26 Å². The van der Waals surface area contributed by atoms with E-state index in [1.54, 1.807) is 0 Å². The molecule has 0 amide bonds. The van der Waals surface area contributed by atoms with Crippen molar-refractivity contribution in [2.45, 2.75) is 45.4 Å². The van der Waals surface area contributed by atoms with Crippen LogP contribution in [0.4, 0.5) is 0 Å². The van der Waals surface area contributed by atoms with Crippen molar-refractivity contribution >= 4 is 0 Å². The SMILES string of the molecule is C=C(CCCCCNCCCC)OO. The summed E-state index contributed by atoms with van der Waals surface area (Å²) in [6, 6.07) is 0. The first kappa shape index (κ1) is 13.5. The van der Waals surface area contributed by atoms with Crippen LogP contribution in [0.1, 0.15) is 45.4 Å². The molecule has 0 aliphatic heterocycles. The molecular formula is C11H23NO2. The molecule has 0 rings (SSSR count). The molecule has 0 saturated heterocycles. The van der Waals surface area contributed by atoms with E-state index < -0.39 is 0 Å². The fourth-order valence-corrected chi connectivity index (χ4v) is 1.22. The lowest BCUT2D eigenvalue weighted by Crippen LogP contribution is -2.16. The topological polar surface area (TPSA) is 41.5 Å². The molecule has 0 atom stereocenters. The Morgan fingerprint density at radius 1 is 1.21 bits per heavy atom. The third kappa shape index (κ3) is 9.55. The zero-order valence-electron chi connectivity index (χ0n) is 9.22. The fraction of sp³-hybridized carbons (Fsp3) is 0.818. The van der Waals surface area contributed by atoms with Crippen molar-refractivity contribution in [3.8, 4) is 0 Å². The van der Waals surface area contributed by atoms with E-state index >= 15 is 0 Å². The molecule has 0 unspecified atom stereocenters. The molecule has 0 spiro atoms. The minimum Gasteiger partial charge on any atom is -0.345 e. The van der Waals surface area contributed by atoms with Gasteiger partial charge in [-0.15, -0.1) is 0 Å². The Hall–Kier alpha value is -0.540. The normalized spacial score (nSPS) is 10.1. The van der Waals surface area contributed by atoms with Crippen LogP contribution in [0.2, 0.25) is 0 Å². The molecule has 0 aromatic carbocycles. The molecular weight excluding hydrogens is 178 g/mol. The Bertz CT molecular complexity index is 137. The maximum absolute atomic E-state index is 8.22. The smallest absolute Gasteiger partial charge is 0.135 e. The van der Waals surface area contributed by atoms with Crippen LogP contribution in [-0.2, 0) is 4.89 Å². The molecule has 3 nitrogen and oxygen atoms in total.